The number of fused-ring (bicyclic) bond motifs is 1. The van der Waals surface area contributed by atoms with E-state index in [2.05, 4.69) is 29.2 Å². The Labute approximate surface area is 108 Å². The zero-order valence-electron chi connectivity index (χ0n) is 10.8. The number of hydrogen-bond acceptors (Lipinski definition) is 3. The molecule has 1 atom stereocenters. The largest absolute Gasteiger partial charge is 0.396 e. The molecular weight excluding hydrogens is 226 g/mol. The summed E-state index contributed by atoms with van der Waals surface area (Å²) < 4.78 is 5.48. The molecule has 1 unspecified atom stereocenters. The monoisotopic (exact) mass is 247 g/mol. The number of benzene rings is 1. The molecule has 3 nitrogen and oxygen atoms in total. The van der Waals surface area contributed by atoms with Gasteiger partial charge < -0.3 is 9.84 Å². The zero-order chi connectivity index (χ0) is 12.4. The lowest BCUT2D eigenvalue weighted by Gasteiger charge is -2.35. The van der Waals surface area contributed by atoms with Crippen molar-refractivity contribution in [2.24, 2.45) is 5.41 Å². The third-order valence-corrected chi connectivity index (χ3v) is 4.29. The molecule has 0 amide bonds. The van der Waals surface area contributed by atoms with Crippen molar-refractivity contribution in [1.82, 2.24) is 4.90 Å². The summed E-state index contributed by atoms with van der Waals surface area (Å²) in [6.07, 6.45) is 2.11. The highest BCUT2D eigenvalue weighted by Crippen LogP contribution is 2.31. The van der Waals surface area contributed by atoms with E-state index in [9.17, 15) is 5.11 Å². The fourth-order valence-electron chi connectivity index (χ4n) is 3.11. The molecule has 0 bridgehead atoms. The summed E-state index contributed by atoms with van der Waals surface area (Å²) in [7, 11) is 0. The van der Waals surface area contributed by atoms with Gasteiger partial charge in [0.25, 0.3) is 0 Å². The third-order valence-electron chi connectivity index (χ3n) is 4.29. The first-order valence-corrected chi connectivity index (χ1v) is 6.79. The molecule has 18 heavy (non-hydrogen) atoms. The number of aliphatic hydroxyl groups excluding tert-OH is 1. The predicted molar refractivity (Wildman–Crippen MR) is 70.4 cm³/mol. The highest BCUT2D eigenvalue weighted by molar-refractivity contribution is 5.29. The maximum atomic E-state index is 9.64. The van der Waals surface area contributed by atoms with Gasteiger partial charge in [0, 0.05) is 31.7 Å². The Morgan fingerprint density at radius 3 is 2.83 bits per heavy atom. The topological polar surface area (TPSA) is 32.7 Å². The molecule has 2 heterocycles. The van der Waals surface area contributed by atoms with E-state index in [-0.39, 0.29) is 12.0 Å². The molecule has 0 aromatic heterocycles. The Kier molecular flexibility index (Phi) is 3.37. The average molecular weight is 247 g/mol. The fraction of sp³-hybridized carbons (Fsp3) is 0.600. The van der Waals surface area contributed by atoms with Crippen molar-refractivity contribution < 1.29 is 9.84 Å². The van der Waals surface area contributed by atoms with E-state index in [0.29, 0.717) is 6.61 Å². The molecule has 2 aliphatic rings. The Hall–Kier alpha value is -0.900. The first-order chi connectivity index (χ1) is 8.81. The second-order valence-electron chi connectivity index (χ2n) is 5.69. The van der Waals surface area contributed by atoms with Crippen LogP contribution in [0.4, 0.5) is 0 Å². The summed E-state index contributed by atoms with van der Waals surface area (Å²) in [4.78, 5) is 2.47. The molecule has 2 aliphatic heterocycles. The molecule has 1 saturated heterocycles. The van der Waals surface area contributed by atoms with E-state index in [1.54, 1.807) is 0 Å². The molecule has 1 fully saturated rings. The molecule has 3 heteroatoms. The molecule has 0 radical (unpaired) electrons. The molecule has 1 aromatic rings. The van der Waals surface area contributed by atoms with Gasteiger partial charge >= 0.3 is 0 Å². The van der Waals surface area contributed by atoms with E-state index in [0.717, 1.165) is 39.1 Å². The van der Waals surface area contributed by atoms with Crippen molar-refractivity contribution >= 4 is 0 Å². The molecule has 0 saturated carbocycles. The minimum absolute atomic E-state index is 0.0215. The molecule has 0 spiro atoms. The third kappa shape index (κ3) is 2.30. The van der Waals surface area contributed by atoms with E-state index < -0.39 is 0 Å². The van der Waals surface area contributed by atoms with Crippen molar-refractivity contribution in [3.63, 3.8) is 0 Å². The molecule has 0 aliphatic carbocycles. The van der Waals surface area contributed by atoms with E-state index in [1.807, 2.05) is 0 Å². The molecule has 1 aromatic carbocycles. The molecule has 98 valence electrons. The number of aliphatic hydroxyl groups is 1. The van der Waals surface area contributed by atoms with E-state index >= 15 is 0 Å². The normalized spacial score (nSPS) is 28.3. The Balaban J connectivity index is 1.69. The van der Waals surface area contributed by atoms with Crippen LogP contribution in [0.15, 0.2) is 24.3 Å². The van der Waals surface area contributed by atoms with Gasteiger partial charge in [0.1, 0.15) is 0 Å². The van der Waals surface area contributed by atoms with E-state index in [4.69, 9.17) is 4.74 Å². The van der Waals surface area contributed by atoms with Crippen molar-refractivity contribution in [2.75, 3.05) is 32.9 Å². The number of rotatable bonds is 3. The standard InChI is InChI=1S/C15H21NO2/c17-11-15(6-8-18-12-15)10-16-7-5-13-3-1-2-4-14(13)9-16/h1-4,17H,5-12H2. The Bertz CT molecular complexity index is 413. The Morgan fingerprint density at radius 2 is 2.11 bits per heavy atom. The number of hydrogen-bond donors (Lipinski definition) is 1. The highest BCUT2D eigenvalue weighted by atomic mass is 16.5. The second-order valence-corrected chi connectivity index (χ2v) is 5.69. The van der Waals surface area contributed by atoms with Crippen LogP contribution in [0.25, 0.3) is 0 Å². The van der Waals surface area contributed by atoms with Gasteiger partial charge in [-0.3, -0.25) is 4.90 Å². The molecule has 1 N–H and O–H groups in total. The maximum absolute atomic E-state index is 9.64. The van der Waals surface area contributed by atoms with Gasteiger partial charge in [0.15, 0.2) is 0 Å². The van der Waals surface area contributed by atoms with E-state index in [1.165, 1.54) is 11.1 Å². The van der Waals surface area contributed by atoms with Crippen molar-refractivity contribution in [3.8, 4) is 0 Å². The predicted octanol–water partition coefficient (Wildman–Crippen LogP) is 1.44. The summed E-state index contributed by atoms with van der Waals surface area (Å²) in [5.41, 5.74) is 2.90. The van der Waals surface area contributed by atoms with Crippen molar-refractivity contribution in [3.05, 3.63) is 35.4 Å². The lowest BCUT2D eigenvalue weighted by Crippen LogP contribution is -2.42. The Morgan fingerprint density at radius 1 is 1.28 bits per heavy atom. The summed E-state index contributed by atoms with van der Waals surface area (Å²) in [5, 5.41) is 9.64. The fourth-order valence-corrected chi connectivity index (χ4v) is 3.11. The van der Waals surface area contributed by atoms with Crippen LogP contribution in [0.2, 0.25) is 0 Å². The number of nitrogens with zero attached hydrogens (tertiary/aromatic N) is 1. The van der Waals surface area contributed by atoms with Gasteiger partial charge in [-0.15, -0.1) is 0 Å². The first-order valence-electron chi connectivity index (χ1n) is 6.79. The first kappa shape index (κ1) is 12.2. The van der Waals surface area contributed by atoms with Gasteiger partial charge in [-0.25, -0.2) is 0 Å². The minimum Gasteiger partial charge on any atom is -0.396 e. The maximum Gasteiger partial charge on any atom is 0.0557 e. The van der Waals surface area contributed by atoms with Crippen molar-refractivity contribution in [1.29, 1.82) is 0 Å². The minimum atomic E-state index is -0.0215. The van der Waals surface area contributed by atoms with Crippen LogP contribution in [0.1, 0.15) is 17.5 Å². The quantitative estimate of drug-likeness (QED) is 0.877. The molecule has 3 rings (SSSR count). The van der Waals surface area contributed by atoms with Gasteiger partial charge in [-0.1, -0.05) is 24.3 Å². The molecular formula is C15H21NO2. The average Bonchev–Trinajstić information content (AvgIpc) is 2.88. The SMILES string of the molecule is OCC1(CN2CCc3ccccc3C2)CCOC1. The van der Waals surface area contributed by atoms with Crippen molar-refractivity contribution in [2.45, 2.75) is 19.4 Å². The second kappa shape index (κ2) is 5.00. The summed E-state index contributed by atoms with van der Waals surface area (Å²) in [6, 6.07) is 8.68. The van der Waals surface area contributed by atoms with Crippen LogP contribution in [0.5, 0.6) is 0 Å². The summed E-state index contributed by atoms with van der Waals surface area (Å²) >= 11 is 0. The summed E-state index contributed by atoms with van der Waals surface area (Å²) in [5.74, 6) is 0. The zero-order valence-corrected chi connectivity index (χ0v) is 10.8. The van der Waals surface area contributed by atoms with Crippen LogP contribution < -0.4 is 0 Å². The van der Waals surface area contributed by atoms with Crippen LogP contribution in [0.3, 0.4) is 0 Å². The van der Waals surface area contributed by atoms with Crippen LogP contribution in [0, 0.1) is 5.41 Å². The smallest absolute Gasteiger partial charge is 0.0557 e. The lowest BCUT2D eigenvalue weighted by atomic mass is 9.86. The van der Waals surface area contributed by atoms with Gasteiger partial charge in [-0.05, 0) is 24.0 Å². The van der Waals surface area contributed by atoms with Gasteiger partial charge in [0.05, 0.1) is 13.2 Å². The number of ether oxygens (including phenoxy) is 1. The van der Waals surface area contributed by atoms with Crippen LogP contribution in [-0.2, 0) is 17.7 Å². The van der Waals surface area contributed by atoms with Crippen LogP contribution >= 0.6 is 0 Å². The van der Waals surface area contributed by atoms with Crippen LogP contribution in [-0.4, -0.2) is 42.9 Å². The highest BCUT2D eigenvalue weighted by Gasteiger charge is 2.36. The lowest BCUT2D eigenvalue weighted by molar-refractivity contribution is 0.0523. The van der Waals surface area contributed by atoms with Gasteiger partial charge in [-0.2, -0.15) is 0 Å². The summed E-state index contributed by atoms with van der Waals surface area (Å²) in [6.45, 7) is 4.81. The van der Waals surface area contributed by atoms with Gasteiger partial charge in [0.2, 0.25) is 0 Å².